The number of anilines is 2. The number of nitrogens with zero attached hydrogens (tertiary/aromatic N) is 2. The first-order valence-corrected chi connectivity index (χ1v) is 9.49. The highest BCUT2D eigenvalue weighted by molar-refractivity contribution is 6.33. The Labute approximate surface area is 164 Å². The van der Waals surface area contributed by atoms with Crippen LogP contribution < -0.4 is 10.2 Å². The summed E-state index contributed by atoms with van der Waals surface area (Å²) in [6, 6.07) is 14.6. The van der Waals surface area contributed by atoms with Crippen molar-refractivity contribution in [3.63, 3.8) is 0 Å². The fraction of sp³-hybridized carbons (Fsp3) is 0.333. The molecule has 2 aromatic rings. The van der Waals surface area contributed by atoms with Crippen LogP contribution in [0.25, 0.3) is 0 Å². The SMILES string of the molecule is CC(=O)c1cccc(NC(=O)[C@H](C)N2CCN(c3ccccc3Cl)CC2)c1. The third-order valence-corrected chi connectivity index (χ3v) is 5.29. The van der Waals surface area contributed by atoms with Gasteiger partial charge in [0, 0.05) is 37.4 Å². The van der Waals surface area contributed by atoms with Gasteiger partial charge in [-0.3, -0.25) is 14.5 Å². The average molecular weight is 386 g/mol. The molecule has 1 aliphatic heterocycles. The largest absolute Gasteiger partial charge is 0.368 e. The molecule has 1 atom stereocenters. The second-order valence-corrected chi connectivity index (χ2v) is 7.18. The molecule has 1 fully saturated rings. The Morgan fingerprint density at radius 2 is 1.74 bits per heavy atom. The smallest absolute Gasteiger partial charge is 0.241 e. The van der Waals surface area contributed by atoms with Crippen molar-refractivity contribution in [1.29, 1.82) is 0 Å². The summed E-state index contributed by atoms with van der Waals surface area (Å²) in [5.74, 6) is -0.0864. The third-order valence-electron chi connectivity index (χ3n) is 4.97. The zero-order valence-electron chi connectivity index (χ0n) is 15.6. The van der Waals surface area contributed by atoms with Crippen molar-refractivity contribution in [1.82, 2.24) is 4.90 Å². The van der Waals surface area contributed by atoms with Crippen LogP contribution in [0.15, 0.2) is 48.5 Å². The molecule has 0 bridgehead atoms. The molecule has 27 heavy (non-hydrogen) atoms. The number of nitrogens with one attached hydrogen (secondary N) is 1. The van der Waals surface area contributed by atoms with E-state index in [9.17, 15) is 9.59 Å². The summed E-state index contributed by atoms with van der Waals surface area (Å²) in [4.78, 5) is 28.5. The molecule has 0 saturated carbocycles. The van der Waals surface area contributed by atoms with Gasteiger partial charge in [0.2, 0.25) is 5.91 Å². The molecule has 0 spiro atoms. The van der Waals surface area contributed by atoms with E-state index in [0.717, 1.165) is 36.9 Å². The lowest BCUT2D eigenvalue weighted by Gasteiger charge is -2.38. The first-order valence-electron chi connectivity index (χ1n) is 9.11. The minimum Gasteiger partial charge on any atom is -0.368 e. The molecular formula is C21H24ClN3O2. The maximum Gasteiger partial charge on any atom is 0.241 e. The van der Waals surface area contributed by atoms with Crippen molar-refractivity contribution in [3.05, 3.63) is 59.1 Å². The second kappa shape index (κ2) is 8.55. The molecule has 0 aliphatic carbocycles. The summed E-state index contributed by atoms with van der Waals surface area (Å²) in [6.07, 6.45) is 0. The number of ketones is 1. The number of carbonyl (C=O) groups excluding carboxylic acids is 2. The van der Waals surface area contributed by atoms with Crippen LogP contribution in [0, 0.1) is 0 Å². The normalized spacial score (nSPS) is 16.0. The van der Waals surface area contributed by atoms with Gasteiger partial charge in [0.25, 0.3) is 0 Å². The number of Topliss-reactive ketones (excluding diaryl/α,β-unsaturated/α-hetero) is 1. The minimum atomic E-state index is -0.251. The number of rotatable bonds is 5. The zero-order valence-corrected chi connectivity index (χ0v) is 16.4. The molecule has 3 rings (SSSR count). The zero-order chi connectivity index (χ0) is 19.4. The van der Waals surface area contributed by atoms with Crippen molar-refractivity contribution < 1.29 is 9.59 Å². The van der Waals surface area contributed by atoms with E-state index in [0.29, 0.717) is 11.3 Å². The lowest BCUT2D eigenvalue weighted by molar-refractivity contribution is -0.120. The molecule has 142 valence electrons. The number of carbonyl (C=O) groups is 2. The van der Waals surface area contributed by atoms with Gasteiger partial charge in [0.05, 0.1) is 16.8 Å². The molecule has 1 amide bonds. The van der Waals surface area contributed by atoms with Gasteiger partial charge in [-0.15, -0.1) is 0 Å². The average Bonchev–Trinajstić information content (AvgIpc) is 2.68. The van der Waals surface area contributed by atoms with E-state index in [2.05, 4.69) is 15.1 Å². The summed E-state index contributed by atoms with van der Waals surface area (Å²) in [5.41, 5.74) is 2.28. The fourth-order valence-corrected chi connectivity index (χ4v) is 3.54. The highest BCUT2D eigenvalue weighted by Crippen LogP contribution is 2.26. The molecule has 1 aliphatic rings. The standard InChI is InChI=1S/C21H24ClN3O2/c1-15(21(27)23-18-7-5-6-17(14-18)16(2)26)24-10-12-25(13-11-24)20-9-4-3-8-19(20)22/h3-9,14-15H,10-13H2,1-2H3,(H,23,27)/t15-/m0/s1. The fourth-order valence-electron chi connectivity index (χ4n) is 3.29. The monoisotopic (exact) mass is 385 g/mol. The summed E-state index contributed by atoms with van der Waals surface area (Å²) >= 11 is 6.29. The number of para-hydroxylation sites is 1. The molecule has 2 aromatic carbocycles. The van der Waals surface area contributed by atoms with Crippen LogP contribution in [0.2, 0.25) is 5.02 Å². The molecule has 6 heteroatoms. The Bertz CT molecular complexity index is 832. The first-order chi connectivity index (χ1) is 13.0. The van der Waals surface area contributed by atoms with Gasteiger partial charge in [0.15, 0.2) is 5.78 Å². The highest BCUT2D eigenvalue weighted by atomic mass is 35.5. The van der Waals surface area contributed by atoms with Crippen LogP contribution in [0.5, 0.6) is 0 Å². The number of amides is 1. The molecule has 1 saturated heterocycles. The molecule has 1 N–H and O–H groups in total. The van der Waals surface area contributed by atoms with Gasteiger partial charge >= 0.3 is 0 Å². The van der Waals surface area contributed by atoms with Crippen molar-refractivity contribution in [2.75, 3.05) is 36.4 Å². The van der Waals surface area contributed by atoms with Crippen LogP contribution in [-0.4, -0.2) is 48.8 Å². The van der Waals surface area contributed by atoms with Crippen LogP contribution >= 0.6 is 11.6 Å². The first kappa shape index (κ1) is 19.4. The van der Waals surface area contributed by atoms with Crippen LogP contribution in [0.3, 0.4) is 0 Å². The summed E-state index contributed by atoms with van der Waals surface area (Å²) < 4.78 is 0. The summed E-state index contributed by atoms with van der Waals surface area (Å²) in [6.45, 7) is 6.64. The predicted octanol–water partition coefficient (Wildman–Crippen LogP) is 3.69. The molecule has 1 heterocycles. The third kappa shape index (κ3) is 4.67. The van der Waals surface area contributed by atoms with Crippen LogP contribution in [0.1, 0.15) is 24.2 Å². The molecule has 0 unspecified atom stereocenters. The quantitative estimate of drug-likeness (QED) is 0.797. The molecule has 5 nitrogen and oxygen atoms in total. The van der Waals surface area contributed by atoms with E-state index in [-0.39, 0.29) is 17.7 Å². The Hall–Kier alpha value is -2.37. The van der Waals surface area contributed by atoms with Gasteiger partial charge in [-0.25, -0.2) is 0 Å². The van der Waals surface area contributed by atoms with Gasteiger partial charge in [0.1, 0.15) is 0 Å². The predicted molar refractivity (Wildman–Crippen MR) is 110 cm³/mol. The van der Waals surface area contributed by atoms with Crippen molar-refractivity contribution in [3.8, 4) is 0 Å². The number of hydrogen-bond donors (Lipinski definition) is 1. The van der Waals surface area contributed by atoms with Gasteiger partial charge in [-0.1, -0.05) is 35.9 Å². The number of halogens is 1. The number of benzene rings is 2. The molecule has 0 radical (unpaired) electrons. The van der Waals surface area contributed by atoms with E-state index in [4.69, 9.17) is 11.6 Å². The Balaban J connectivity index is 1.58. The Morgan fingerprint density at radius 1 is 1.04 bits per heavy atom. The number of piperazine rings is 1. The van der Waals surface area contributed by atoms with Gasteiger partial charge in [-0.2, -0.15) is 0 Å². The van der Waals surface area contributed by atoms with E-state index >= 15 is 0 Å². The Morgan fingerprint density at radius 3 is 2.41 bits per heavy atom. The van der Waals surface area contributed by atoms with E-state index in [1.54, 1.807) is 24.3 Å². The summed E-state index contributed by atoms with van der Waals surface area (Å²) in [7, 11) is 0. The lowest BCUT2D eigenvalue weighted by Crippen LogP contribution is -2.52. The maximum absolute atomic E-state index is 12.6. The Kier molecular flexibility index (Phi) is 6.14. The topological polar surface area (TPSA) is 52.7 Å². The molecule has 0 aromatic heterocycles. The summed E-state index contributed by atoms with van der Waals surface area (Å²) in [5, 5.41) is 3.67. The van der Waals surface area contributed by atoms with E-state index < -0.39 is 0 Å². The van der Waals surface area contributed by atoms with Gasteiger partial charge < -0.3 is 10.2 Å². The number of hydrogen-bond acceptors (Lipinski definition) is 4. The highest BCUT2D eigenvalue weighted by Gasteiger charge is 2.26. The van der Waals surface area contributed by atoms with Crippen molar-refractivity contribution in [2.45, 2.75) is 19.9 Å². The van der Waals surface area contributed by atoms with Crippen LogP contribution in [0.4, 0.5) is 11.4 Å². The van der Waals surface area contributed by atoms with Gasteiger partial charge in [-0.05, 0) is 38.1 Å². The minimum absolute atomic E-state index is 0.0187. The van der Waals surface area contributed by atoms with Crippen molar-refractivity contribution >= 4 is 34.7 Å². The lowest BCUT2D eigenvalue weighted by atomic mass is 10.1. The van der Waals surface area contributed by atoms with E-state index in [1.165, 1.54) is 6.92 Å². The van der Waals surface area contributed by atoms with Crippen LogP contribution in [-0.2, 0) is 4.79 Å². The van der Waals surface area contributed by atoms with Crippen molar-refractivity contribution in [2.24, 2.45) is 0 Å². The molecular weight excluding hydrogens is 362 g/mol. The van der Waals surface area contributed by atoms with E-state index in [1.807, 2.05) is 31.2 Å². The maximum atomic E-state index is 12.6. The second-order valence-electron chi connectivity index (χ2n) is 6.78.